The van der Waals surface area contributed by atoms with E-state index in [1.807, 2.05) is 54.6 Å². The van der Waals surface area contributed by atoms with E-state index in [4.69, 9.17) is 14.2 Å². The maximum Gasteiger partial charge on any atom is 0.340 e. The minimum absolute atomic E-state index is 0.334. The van der Waals surface area contributed by atoms with Crippen LogP contribution in [0, 0.1) is 0 Å². The summed E-state index contributed by atoms with van der Waals surface area (Å²) in [6, 6.07) is 19.3. The van der Waals surface area contributed by atoms with Crippen molar-refractivity contribution in [3.63, 3.8) is 0 Å². The number of anilines is 1. The van der Waals surface area contributed by atoms with Gasteiger partial charge in [0, 0.05) is 41.5 Å². The van der Waals surface area contributed by atoms with Crippen molar-refractivity contribution in [2.24, 2.45) is 0 Å². The van der Waals surface area contributed by atoms with Gasteiger partial charge in [-0.3, -0.25) is 0 Å². The molecule has 2 aliphatic heterocycles. The van der Waals surface area contributed by atoms with Gasteiger partial charge in [0.15, 0.2) is 5.60 Å². The van der Waals surface area contributed by atoms with Crippen molar-refractivity contribution in [3.8, 4) is 17.2 Å². The van der Waals surface area contributed by atoms with E-state index in [-0.39, 0.29) is 5.97 Å². The van der Waals surface area contributed by atoms with Crippen LogP contribution < -0.4 is 14.4 Å². The third-order valence-electron chi connectivity index (χ3n) is 6.16. The van der Waals surface area contributed by atoms with Gasteiger partial charge in [0.05, 0.1) is 5.56 Å². The largest absolute Gasteiger partial charge is 0.489 e. The lowest BCUT2D eigenvalue weighted by Crippen LogP contribution is -2.33. The fourth-order valence-corrected chi connectivity index (χ4v) is 4.67. The molecule has 2 aliphatic rings. The lowest BCUT2D eigenvalue weighted by Gasteiger charge is -2.37. The van der Waals surface area contributed by atoms with Crippen LogP contribution in [-0.2, 0) is 10.3 Å². The Kier molecular flexibility index (Phi) is 4.89. The van der Waals surface area contributed by atoms with Gasteiger partial charge in [0.2, 0.25) is 0 Å². The van der Waals surface area contributed by atoms with E-state index in [0.717, 1.165) is 35.5 Å². The molecule has 32 heavy (non-hydrogen) atoms. The highest BCUT2D eigenvalue weighted by Crippen LogP contribution is 2.57. The number of fused-ring (bicyclic) bond motifs is 6. The molecular weight excluding hydrogens is 402 g/mol. The Morgan fingerprint density at radius 1 is 0.969 bits per heavy atom. The molecule has 0 fully saturated rings. The van der Waals surface area contributed by atoms with Gasteiger partial charge in [-0.05, 0) is 50.2 Å². The number of benzene rings is 3. The summed E-state index contributed by atoms with van der Waals surface area (Å²) in [4.78, 5) is 15.3. The highest BCUT2D eigenvalue weighted by atomic mass is 16.6. The van der Waals surface area contributed by atoms with E-state index >= 15 is 0 Å². The fourth-order valence-electron chi connectivity index (χ4n) is 4.67. The summed E-state index contributed by atoms with van der Waals surface area (Å²) in [5.74, 6) is 1.61. The Bertz CT molecular complexity index is 1210. The molecule has 0 aromatic heterocycles. The number of hydrogen-bond acceptors (Lipinski definition) is 5. The second kappa shape index (κ2) is 7.75. The molecule has 3 aromatic rings. The van der Waals surface area contributed by atoms with Crippen molar-refractivity contribution in [1.82, 2.24) is 0 Å². The van der Waals surface area contributed by atoms with E-state index in [2.05, 4.69) is 31.4 Å². The third kappa shape index (κ3) is 2.88. The van der Waals surface area contributed by atoms with E-state index in [1.165, 1.54) is 0 Å². The Morgan fingerprint density at radius 3 is 2.56 bits per heavy atom. The molecule has 1 spiro atoms. The van der Waals surface area contributed by atoms with E-state index in [0.29, 0.717) is 29.4 Å². The standard InChI is InChI=1S/C27H25NO4/c1-4-15-30-19-12-13-22-25(17-19)31-24-14-11-18(28(5-2)6-3)16-23(24)27(22)21-10-8-7-9-20(21)26(29)32-27/h4,7-14,16-17H,1,5-6,15H2,2-3H3. The lowest BCUT2D eigenvalue weighted by molar-refractivity contribution is 0.0224. The summed E-state index contributed by atoms with van der Waals surface area (Å²) in [6.07, 6.45) is 1.70. The molecule has 0 N–H and O–H groups in total. The van der Waals surface area contributed by atoms with Crippen molar-refractivity contribution < 1.29 is 19.0 Å². The van der Waals surface area contributed by atoms with Gasteiger partial charge < -0.3 is 19.1 Å². The number of rotatable bonds is 6. The summed E-state index contributed by atoms with van der Waals surface area (Å²) >= 11 is 0. The van der Waals surface area contributed by atoms with Gasteiger partial charge >= 0.3 is 5.97 Å². The quantitative estimate of drug-likeness (QED) is 0.375. The van der Waals surface area contributed by atoms with Gasteiger partial charge in [-0.15, -0.1) is 0 Å². The number of carbonyl (C=O) groups excluding carboxylic acids is 1. The molecule has 0 saturated heterocycles. The van der Waals surface area contributed by atoms with Crippen molar-refractivity contribution in [2.45, 2.75) is 19.4 Å². The topological polar surface area (TPSA) is 48.0 Å². The van der Waals surface area contributed by atoms with Crippen molar-refractivity contribution >= 4 is 11.7 Å². The monoisotopic (exact) mass is 427 g/mol. The summed E-state index contributed by atoms with van der Waals surface area (Å²) < 4.78 is 18.3. The Morgan fingerprint density at radius 2 is 1.78 bits per heavy atom. The molecule has 1 unspecified atom stereocenters. The predicted octanol–water partition coefficient (Wildman–Crippen LogP) is 5.67. The molecule has 0 bridgehead atoms. The maximum absolute atomic E-state index is 13.0. The van der Waals surface area contributed by atoms with E-state index in [9.17, 15) is 4.79 Å². The summed E-state index contributed by atoms with van der Waals surface area (Å²) in [7, 11) is 0. The van der Waals surface area contributed by atoms with Crippen molar-refractivity contribution in [3.05, 3.63) is 95.6 Å². The smallest absolute Gasteiger partial charge is 0.340 e. The number of hydrogen-bond donors (Lipinski definition) is 0. The van der Waals surface area contributed by atoms with Gasteiger partial charge in [-0.1, -0.05) is 30.9 Å². The van der Waals surface area contributed by atoms with Gasteiger partial charge in [-0.2, -0.15) is 0 Å². The molecule has 5 rings (SSSR count). The third-order valence-corrected chi connectivity index (χ3v) is 6.16. The first kappa shape index (κ1) is 20.2. The zero-order valence-corrected chi connectivity index (χ0v) is 18.3. The summed E-state index contributed by atoms with van der Waals surface area (Å²) in [5.41, 5.74) is 3.00. The van der Waals surface area contributed by atoms with Crippen molar-refractivity contribution in [2.75, 3.05) is 24.6 Å². The molecule has 2 heterocycles. The molecule has 162 valence electrons. The fraction of sp³-hybridized carbons (Fsp3) is 0.222. The average Bonchev–Trinajstić information content (AvgIpc) is 3.12. The highest BCUT2D eigenvalue weighted by molar-refractivity contribution is 5.97. The summed E-state index contributed by atoms with van der Waals surface area (Å²) in [6.45, 7) is 10.1. The Labute approximate surface area is 187 Å². The SMILES string of the molecule is C=CCOc1ccc2c(c1)Oc1ccc(N(CC)CC)cc1C21OC(=O)c2ccccc21. The minimum Gasteiger partial charge on any atom is -0.489 e. The number of ether oxygens (including phenoxy) is 3. The number of nitrogens with zero attached hydrogens (tertiary/aromatic N) is 1. The number of carbonyl (C=O) groups is 1. The second-order valence-corrected chi connectivity index (χ2v) is 7.83. The molecule has 0 radical (unpaired) electrons. The molecule has 0 saturated carbocycles. The zero-order valence-electron chi connectivity index (χ0n) is 18.3. The average molecular weight is 428 g/mol. The first-order chi connectivity index (χ1) is 15.6. The maximum atomic E-state index is 13.0. The highest BCUT2D eigenvalue weighted by Gasteiger charge is 2.53. The second-order valence-electron chi connectivity index (χ2n) is 7.83. The predicted molar refractivity (Wildman–Crippen MR) is 124 cm³/mol. The Hall–Kier alpha value is -3.73. The lowest BCUT2D eigenvalue weighted by atomic mass is 9.77. The van der Waals surface area contributed by atoms with Crippen LogP contribution in [0.2, 0.25) is 0 Å². The Balaban J connectivity index is 1.76. The normalized spacial score (nSPS) is 17.6. The first-order valence-electron chi connectivity index (χ1n) is 10.9. The van der Waals surface area contributed by atoms with Crippen molar-refractivity contribution in [1.29, 1.82) is 0 Å². The van der Waals surface area contributed by atoms with Crippen LogP contribution in [0.4, 0.5) is 5.69 Å². The van der Waals surface area contributed by atoms with E-state index < -0.39 is 5.60 Å². The molecular formula is C27H25NO4. The van der Waals surface area contributed by atoms with E-state index in [1.54, 1.807) is 6.08 Å². The first-order valence-corrected chi connectivity index (χ1v) is 10.9. The van der Waals surface area contributed by atoms with Crippen LogP contribution in [0.1, 0.15) is 40.9 Å². The molecule has 3 aromatic carbocycles. The molecule has 5 heteroatoms. The van der Waals surface area contributed by atoms with Crippen LogP contribution >= 0.6 is 0 Å². The minimum atomic E-state index is -1.07. The number of esters is 1. The molecule has 5 nitrogen and oxygen atoms in total. The van der Waals surface area contributed by atoms with Gasteiger partial charge in [0.1, 0.15) is 23.9 Å². The van der Waals surface area contributed by atoms with Gasteiger partial charge in [-0.25, -0.2) is 4.79 Å². The van der Waals surface area contributed by atoms with Crippen LogP contribution in [0.3, 0.4) is 0 Å². The molecule has 0 aliphatic carbocycles. The van der Waals surface area contributed by atoms with Gasteiger partial charge in [0.25, 0.3) is 0 Å². The summed E-state index contributed by atoms with van der Waals surface area (Å²) in [5, 5.41) is 0. The molecule has 0 amide bonds. The van der Waals surface area contributed by atoms with Crippen LogP contribution in [0.25, 0.3) is 0 Å². The zero-order chi connectivity index (χ0) is 22.3. The van der Waals surface area contributed by atoms with Crippen LogP contribution in [0.5, 0.6) is 17.2 Å². The molecule has 1 atom stereocenters. The van der Waals surface area contributed by atoms with Crippen LogP contribution in [-0.4, -0.2) is 25.7 Å². The van der Waals surface area contributed by atoms with Crippen LogP contribution in [0.15, 0.2) is 73.3 Å².